The topological polar surface area (TPSA) is 38.1 Å². The summed E-state index contributed by atoms with van der Waals surface area (Å²) in [4.78, 5) is 4.03. The van der Waals surface area contributed by atoms with Gasteiger partial charge in [0.15, 0.2) is 0 Å². The molecule has 0 fully saturated rings. The third kappa shape index (κ3) is 2.35. The van der Waals surface area contributed by atoms with Crippen LogP contribution in [0.2, 0.25) is 5.02 Å². The minimum absolute atomic E-state index is 0.00850. The average Bonchev–Trinajstić information content (AvgIpc) is 2.83. The molecule has 1 unspecified atom stereocenters. The number of nitrogens with one attached hydrogen (secondary N) is 1. The zero-order chi connectivity index (χ0) is 13.2. The van der Waals surface area contributed by atoms with Crippen molar-refractivity contribution in [2.45, 2.75) is 6.04 Å². The van der Waals surface area contributed by atoms with Crippen LogP contribution in [0.4, 0.5) is 0 Å². The van der Waals surface area contributed by atoms with E-state index in [9.17, 15) is 0 Å². The second-order valence-corrected chi connectivity index (χ2v) is 4.77. The lowest BCUT2D eigenvalue weighted by Gasteiger charge is -2.13. The molecule has 3 aromatic rings. The van der Waals surface area contributed by atoms with E-state index in [2.05, 4.69) is 10.3 Å². The first kappa shape index (κ1) is 12.2. The van der Waals surface area contributed by atoms with Gasteiger partial charge in [0.1, 0.15) is 11.3 Å². The molecule has 0 aliphatic heterocycles. The van der Waals surface area contributed by atoms with E-state index in [1.165, 1.54) is 0 Å². The quantitative estimate of drug-likeness (QED) is 0.788. The third-order valence-corrected chi connectivity index (χ3v) is 3.35. The first-order valence-electron chi connectivity index (χ1n) is 6.04. The maximum Gasteiger partial charge on any atom is 0.134 e. The summed E-state index contributed by atoms with van der Waals surface area (Å²) in [6.07, 6.45) is 3.55. The van der Waals surface area contributed by atoms with Crippen LogP contribution in [-0.2, 0) is 0 Å². The van der Waals surface area contributed by atoms with Crippen molar-refractivity contribution in [3.63, 3.8) is 0 Å². The lowest BCUT2D eigenvalue weighted by Crippen LogP contribution is -2.16. The molecule has 0 aliphatic carbocycles. The Morgan fingerprint density at radius 3 is 2.68 bits per heavy atom. The molecule has 1 atom stereocenters. The highest BCUT2D eigenvalue weighted by Crippen LogP contribution is 2.29. The highest BCUT2D eigenvalue weighted by molar-refractivity contribution is 6.31. The van der Waals surface area contributed by atoms with Crippen LogP contribution in [-0.4, -0.2) is 12.0 Å². The molecule has 2 aromatic heterocycles. The van der Waals surface area contributed by atoms with Crippen molar-refractivity contribution in [1.82, 2.24) is 10.3 Å². The zero-order valence-electron chi connectivity index (χ0n) is 10.4. The molecule has 3 nitrogen and oxygen atoms in total. The first-order chi connectivity index (χ1) is 9.28. The molecule has 96 valence electrons. The molecular formula is C15H13ClN2O. The van der Waals surface area contributed by atoms with Gasteiger partial charge in [-0.2, -0.15) is 0 Å². The predicted octanol–water partition coefficient (Wildman–Crippen LogP) is 3.79. The fourth-order valence-corrected chi connectivity index (χ4v) is 2.39. The number of rotatable bonds is 3. The number of hydrogen-bond acceptors (Lipinski definition) is 3. The number of aromatic nitrogens is 1. The van der Waals surface area contributed by atoms with Crippen molar-refractivity contribution in [2.24, 2.45) is 0 Å². The number of halogens is 1. The first-order valence-corrected chi connectivity index (χ1v) is 6.42. The molecular weight excluding hydrogens is 260 g/mol. The maximum atomic E-state index is 5.99. The predicted molar refractivity (Wildman–Crippen MR) is 76.4 cm³/mol. The Morgan fingerprint density at radius 1 is 1.16 bits per heavy atom. The molecule has 4 heteroatoms. The minimum Gasteiger partial charge on any atom is -0.459 e. The van der Waals surface area contributed by atoms with Gasteiger partial charge in [0.05, 0.1) is 6.04 Å². The summed E-state index contributed by atoms with van der Waals surface area (Å²) in [5.41, 5.74) is 1.95. The van der Waals surface area contributed by atoms with Crippen molar-refractivity contribution in [3.8, 4) is 0 Å². The smallest absolute Gasteiger partial charge is 0.134 e. The Balaban J connectivity index is 2.07. The highest BCUT2D eigenvalue weighted by Gasteiger charge is 2.16. The molecule has 0 aliphatic rings. The van der Waals surface area contributed by atoms with Gasteiger partial charge >= 0.3 is 0 Å². The van der Waals surface area contributed by atoms with E-state index in [1.54, 1.807) is 12.4 Å². The summed E-state index contributed by atoms with van der Waals surface area (Å²) < 4.78 is 5.89. The van der Waals surface area contributed by atoms with Gasteiger partial charge in [0.25, 0.3) is 0 Å². The third-order valence-electron chi connectivity index (χ3n) is 3.11. The summed E-state index contributed by atoms with van der Waals surface area (Å²) in [7, 11) is 1.91. The number of hydrogen-bond donors (Lipinski definition) is 1. The zero-order valence-corrected chi connectivity index (χ0v) is 11.2. The van der Waals surface area contributed by atoms with Crippen LogP contribution in [0.3, 0.4) is 0 Å². The van der Waals surface area contributed by atoms with E-state index < -0.39 is 0 Å². The fraction of sp³-hybridized carbons (Fsp3) is 0.133. The molecule has 1 N–H and O–H groups in total. The van der Waals surface area contributed by atoms with Crippen LogP contribution in [0.5, 0.6) is 0 Å². The molecule has 0 bridgehead atoms. The summed E-state index contributed by atoms with van der Waals surface area (Å²) in [5.74, 6) is 0.867. The van der Waals surface area contributed by atoms with E-state index in [-0.39, 0.29) is 6.04 Å². The molecule has 19 heavy (non-hydrogen) atoms. The molecule has 0 amide bonds. The Labute approximate surface area is 116 Å². The molecule has 3 rings (SSSR count). The van der Waals surface area contributed by atoms with Gasteiger partial charge in [0, 0.05) is 22.8 Å². The van der Waals surface area contributed by atoms with Gasteiger partial charge in [-0.25, -0.2) is 0 Å². The lowest BCUT2D eigenvalue weighted by atomic mass is 10.1. The van der Waals surface area contributed by atoms with E-state index in [1.807, 2.05) is 43.4 Å². The Hall–Kier alpha value is -1.84. The van der Waals surface area contributed by atoms with Crippen molar-refractivity contribution in [2.75, 3.05) is 7.05 Å². The Morgan fingerprint density at radius 2 is 1.95 bits per heavy atom. The normalized spacial score (nSPS) is 12.7. The minimum atomic E-state index is 0.00850. The van der Waals surface area contributed by atoms with Gasteiger partial charge in [-0.15, -0.1) is 0 Å². The number of furan rings is 1. The Bertz CT molecular complexity index is 694. The van der Waals surface area contributed by atoms with Crippen LogP contribution in [0.1, 0.15) is 17.4 Å². The van der Waals surface area contributed by atoms with Crippen LogP contribution < -0.4 is 5.32 Å². The van der Waals surface area contributed by atoms with Crippen LogP contribution >= 0.6 is 11.6 Å². The van der Waals surface area contributed by atoms with Crippen LogP contribution in [0.25, 0.3) is 11.0 Å². The SMILES string of the molecule is CNC(c1ccncc1)c1cc2cc(Cl)ccc2o1. The van der Waals surface area contributed by atoms with Gasteiger partial charge in [-0.1, -0.05) is 11.6 Å². The van der Waals surface area contributed by atoms with Crippen molar-refractivity contribution < 1.29 is 4.42 Å². The van der Waals surface area contributed by atoms with E-state index in [4.69, 9.17) is 16.0 Å². The summed E-state index contributed by atoms with van der Waals surface area (Å²) in [5, 5.41) is 4.98. The van der Waals surface area contributed by atoms with Gasteiger partial charge in [-0.05, 0) is 49.0 Å². The van der Waals surface area contributed by atoms with E-state index in [0.29, 0.717) is 5.02 Å². The number of nitrogens with zero attached hydrogens (tertiary/aromatic N) is 1. The van der Waals surface area contributed by atoms with E-state index >= 15 is 0 Å². The highest BCUT2D eigenvalue weighted by atomic mass is 35.5. The Kier molecular flexibility index (Phi) is 3.23. The van der Waals surface area contributed by atoms with Crippen molar-refractivity contribution in [1.29, 1.82) is 0 Å². The summed E-state index contributed by atoms with van der Waals surface area (Å²) in [6, 6.07) is 11.6. The molecule has 1 aromatic carbocycles. The molecule has 0 saturated heterocycles. The lowest BCUT2D eigenvalue weighted by molar-refractivity contribution is 0.491. The number of benzene rings is 1. The summed E-state index contributed by atoms with van der Waals surface area (Å²) in [6.45, 7) is 0. The van der Waals surface area contributed by atoms with Crippen molar-refractivity contribution in [3.05, 3.63) is 65.1 Å². The monoisotopic (exact) mass is 272 g/mol. The van der Waals surface area contributed by atoms with Crippen LogP contribution in [0, 0.1) is 0 Å². The largest absolute Gasteiger partial charge is 0.459 e. The summed E-state index contributed by atoms with van der Waals surface area (Å²) >= 11 is 5.99. The molecule has 0 saturated carbocycles. The molecule has 0 radical (unpaired) electrons. The number of fused-ring (bicyclic) bond motifs is 1. The standard InChI is InChI=1S/C15H13ClN2O/c1-17-15(10-4-6-18-7-5-10)14-9-11-8-12(16)2-3-13(11)19-14/h2-9,15,17H,1H3. The van der Waals surface area contributed by atoms with Gasteiger partial charge < -0.3 is 9.73 Å². The van der Waals surface area contributed by atoms with Crippen LogP contribution in [0.15, 0.2) is 53.2 Å². The fourth-order valence-electron chi connectivity index (χ4n) is 2.21. The second-order valence-electron chi connectivity index (χ2n) is 4.33. The van der Waals surface area contributed by atoms with E-state index in [0.717, 1.165) is 22.3 Å². The van der Waals surface area contributed by atoms with Crippen molar-refractivity contribution >= 4 is 22.6 Å². The second kappa shape index (κ2) is 5.03. The maximum absolute atomic E-state index is 5.99. The number of pyridine rings is 1. The molecule has 2 heterocycles. The van der Waals surface area contributed by atoms with Gasteiger partial charge in [-0.3, -0.25) is 4.98 Å². The average molecular weight is 273 g/mol. The molecule has 0 spiro atoms. The van der Waals surface area contributed by atoms with Gasteiger partial charge in [0.2, 0.25) is 0 Å².